The number of ether oxygens (including phenoxy) is 1. The van der Waals surface area contributed by atoms with Gasteiger partial charge < -0.3 is 4.74 Å². The van der Waals surface area contributed by atoms with Gasteiger partial charge in [-0.15, -0.1) is 0 Å². The van der Waals surface area contributed by atoms with Crippen LogP contribution in [0.2, 0.25) is 0 Å². The van der Waals surface area contributed by atoms with Crippen molar-refractivity contribution in [2.75, 3.05) is 33.2 Å². The highest BCUT2D eigenvalue weighted by Crippen LogP contribution is 2.13. The number of halogens is 1. The summed E-state index contributed by atoms with van der Waals surface area (Å²) in [5, 5.41) is 0. The molecule has 5 heteroatoms. The summed E-state index contributed by atoms with van der Waals surface area (Å²) in [6.45, 7) is 3.02. The number of benzene rings is 1. The molecule has 0 amide bonds. The summed E-state index contributed by atoms with van der Waals surface area (Å²) in [5.74, 6) is 0.400. The first-order valence-corrected chi connectivity index (χ1v) is 6.89. The Morgan fingerprint density at radius 2 is 2.11 bits per heavy atom. The van der Waals surface area contributed by atoms with E-state index in [9.17, 15) is 4.79 Å². The number of para-hydroxylation sites is 1. The molecule has 1 aliphatic rings. The summed E-state index contributed by atoms with van der Waals surface area (Å²) >= 11 is 3.58. The predicted octanol–water partition coefficient (Wildman–Crippen LogP) is 1.56. The van der Waals surface area contributed by atoms with Crippen LogP contribution in [-0.4, -0.2) is 53.9 Å². The van der Waals surface area contributed by atoms with Gasteiger partial charge in [0.1, 0.15) is 5.75 Å². The zero-order valence-corrected chi connectivity index (χ0v) is 12.0. The second-order valence-corrected chi connectivity index (χ2v) is 5.49. The lowest BCUT2D eigenvalue weighted by Gasteiger charge is -2.35. The first kappa shape index (κ1) is 13.5. The fourth-order valence-corrected chi connectivity index (χ4v) is 2.48. The van der Waals surface area contributed by atoms with Crippen LogP contribution in [0.3, 0.4) is 0 Å². The molecule has 98 valence electrons. The molecule has 1 unspecified atom stereocenters. The van der Waals surface area contributed by atoms with E-state index in [4.69, 9.17) is 4.74 Å². The fourth-order valence-electron chi connectivity index (χ4n) is 1.86. The third-order valence-electron chi connectivity index (χ3n) is 2.98. The van der Waals surface area contributed by atoms with E-state index in [1.807, 2.05) is 18.2 Å². The highest BCUT2D eigenvalue weighted by molar-refractivity contribution is 9.09. The van der Waals surface area contributed by atoms with Crippen molar-refractivity contribution in [3.8, 4) is 5.75 Å². The molecule has 0 radical (unpaired) electrons. The summed E-state index contributed by atoms with van der Waals surface area (Å²) in [6.07, 6.45) is 0. The van der Waals surface area contributed by atoms with Gasteiger partial charge in [0.05, 0.1) is 11.5 Å². The lowest BCUT2D eigenvalue weighted by molar-refractivity contribution is -0.136. The minimum atomic E-state index is -0.203. The van der Waals surface area contributed by atoms with Crippen molar-refractivity contribution in [3.05, 3.63) is 30.3 Å². The van der Waals surface area contributed by atoms with E-state index in [1.54, 1.807) is 12.1 Å². The summed E-state index contributed by atoms with van der Waals surface area (Å²) in [4.78, 5) is 16.4. The van der Waals surface area contributed by atoms with Crippen molar-refractivity contribution in [1.82, 2.24) is 9.80 Å². The van der Waals surface area contributed by atoms with Crippen molar-refractivity contribution in [1.29, 1.82) is 0 Å². The molecular weight excluding hydrogens is 296 g/mol. The van der Waals surface area contributed by atoms with E-state index in [1.165, 1.54) is 0 Å². The molecule has 1 saturated heterocycles. The molecule has 0 spiro atoms. The van der Waals surface area contributed by atoms with E-state index in [-0.39, 0.29) is 5.97 Å². The number of rotatable bonds is 3. The Morgan fingerprint density at radius 3 is 2.78 bits per heavy atom. The summed E-state index contributed by atoms with van der Waals surface area (Å²) in [5.41, 5.74) is 0. The SMILES string of the molecule is CN1CCN(CC(=O)Oc2ccccc2)CC1Br. The second-order valence-electron chi connectivity index (χ2n) is 4.44. The molecule has 0 bridgehead atoms. The number of piperazine rings is 1. The van der Waals surface area contributed by atoms with Gasteiger partial charge in [0.15, 0.2) is 0 Å². The number of likely N-dealkylation sites (N-methyl/N-ethyl adjacent to an activating group) is 1. The van der Waals surface area contributed by atoms with Crippen LogP contribution in [0.25, 0.3) is 0 Å². The smallest absolute Gasteiger partial charge is 0.325 e. The minimum absolute atomic E-state index is 0.203. The summed E-state index contributed by atoms with van der Waals surface area (Å²) in [7, 11) is 2.07. The third-order valence-corrected chi connectivity index (χ3v) is 3.97. The maximum absolute atomic E-state index is 11.8. The molecule has 1 atom stereocenters. The zero-order chi connectivity index (χ0) is 13.0. The largest absolute Gasteiger partial charge is 0.426 e. The molecule has 1 fully saturated rings. The lowest BCUT2D eigenvalue weighted by atomic mass is 10.3. The Hall–Kier alpha value is -0.910. The Labute approximate surface area is 116 Å². The summed E-state index contributed by atoms with van der Waals surface area (Å²) < 4.78 is 5.27. The highest BCUT2D eigenvalue weighted by Gasteiger charge is 2.23. The maximum Gasteiger partial charge on any atom is 0.325 e. The van der Waals surface area contributed by atoms with Gasteiger partial charge >= 0.3 is 5.97 Å². The number of carbonyl (C=O) groups excluding carboxylic acids is 1. The average Bonchev–Trinajstić information content (AvgIpc) is 2.35. The van der Waals surface area contributed by atoms with E-state index in [0.29, 0.717) is 17.2 Å². The molecule has 0 aliphatic carbocycles. The molecule has 1 aromatic rings. The normalized spacial score (nSPS) is 21.8. The van der Waals surface area contributed by atoms with E-state index < -0.39 is 0 Å². The van der Waals surface area contributed by atoms with Crippen LogP contribution in [0.1, 0.15) is 0 Å². The molecule has 2 rings (SSSR count). The minimum Gasteiger partial charge on any atom is -0.426 e. The predicted molar refractivity (Wildman–Crippen MR) is 73.9 cm³/mol. The second kappa shape index (κ2) is 6.31. The van der Waals surface area contributed by atoms with E-state index in [0.717, 1.165) is 19.6 Å². The molecule has 1 aliphatic heterocycles. The van der Waals surface area contributed by atoms with Gasteiger partial charge in [-0.25, -0.2) is 0 Å². The summed E-state index contributed by atoms with van der Waals surface area (Å²) in [6, 6.07) is 9.18. The fraction of sp³-hybridized carbons (Fsp3) is 0.462. The standard InChI is InChI=1S/C13H17BrN2O2/c1-15-7-8-16(9-12(15)14)10-13(17)18-11-5-3-2-4-6-11/h2-6,12H,7-10H2,1H3. The van der Waals surface area contributed by atoms with Crippen molar-refractivity contribution < 1.29 is 9.53 Å². The highest BCUT2D eigenvalue weighted by atomic mass is 79.9. The number of hydrogen-bond donors (Lipinski definition) is 0. The molecule has 18 heavy (non-hydrogen) atoms. The van der Waals surface area contributed by atoms with Gasteiger partial charge in [0, 0.05) is 19.6 Å². The Kier molecular flexibility index (Phi) is 4.74. The van der Waals surface area contributed by atoms with Crippen molar-refractivity contribution in [2.45, 2.75) is 4.95 Å². The van der Waals surface area contributed by atoms with Crippen LogP contribution in [-0.2, 0) is 4.79 Å². The quantitative estimate of drug-likeness (QED) is 0.367. The number of esters is 1. The first-order chi connectivity index (χ1) is 8.65. The van der Waals surface area contributed by atoms with Crippen LogP contribution in [0.4, 0.5) is 0 Å². The van der Waals surface area contributed by atoms with E-state index >= 15 is 0 Å². The monoisotopic (exact) mass is 312 g/mol. The molecule has 0 aromatic heterocycles. The maximum atomic E-state index is 11.8. The van der Waals surface area contributed by atoms with Crippen LogP contribution in [0, 0.1) is 0 Å². The molecule has 1 aromatic carbocycles. The van der Waals surface area contributed by atoms with Gasteiger partial charge in [-0.2, -0.15) is 0 Å². The van der Waals surface area contributed by atoms with Gasteiger partial charge in [-0.05, 0) is 19.2 Å². The molecular formula is C13H17BrN2O2. The number of nitrogens with zero attached hydrogens (tertiary/aromatic N) is 2. The zero-order valence-electron chi connectivity index (χ0n) is 10.4. The third kappa shape index (κ3) is 3.80. The molecule has 4 nitrogen and oxygen atoms in total. The van der Waals surface area contributed by atoms with Crippen molar-refractivity contribution in [3.63, 3.8) is 0 Å². The van der Waals surface area contributed by atoms with Gasteiger partial charge in [-0.1, -0.05) is 34.1 Å². The average molecular weight is 313 g/mol. The Morgan fingerprint density at radius 1 is 1.39 bits per heavy atom. The van der Waals surface area contributed by atoms with E-state index in [2.05, 4.69) is 32.8 Å². The number of carbonyl (C=O) groups is 1. The van der Waals surface area contributed by atoms with Crippen molar-refractivity contribution in [2.24, 2.45) is 0 Å². The van der Waals surface area contributed by atoms with Crippen LogP contribution in [0.5, 0.6) is 5.75 Å². The van der Waals surface area contributed by atoms with Gasteiger partial charge in [-0.3, -0.25) is 14.6 Å². The van der Waals surface area contributed by atoms with Crippen LogP contribution in [0.15, 0.2) is 30.3 Å². The topological polar surface area (TPSA) is 32.8 Å². The molecule has 0 N–H and O–H groups in total. The number of alkyl halides is 1. The number of hydrogen-bond acceptors (Lipinski definition) is 4. The Balaban J connectivity index is 1.81. The van der Waals surface area contributed by atoms with Gasteiger partial charge in [0.25, 0.3) is 0 Å². The van der Waals surface area contributed by atoms with Gasteiger partial charge in [0.2, 0.25) is 0 Å². The van der Waals surface area contributed by atoms with Crippen LogP contribution >= 0.6 is 15.9 Å². The van der Waals surface area contributed by atoms with Crippen molar-refractivity contribution >= 4 is 21.9 Å². The molecule has 0 saturated carbocycles. The Bertz CT molecular complexity index is 399. The first-order valence-electron chi connectivity index (χ1n) is 5.97. The lowest BCUT2D eigenvalue weighted by Crippen LogP contribution is -2.50. The van der Waals surface area contributed by atoms with Crippen LogP contribution < -0.4 is 4.74 Å². The molecule has 1 heterocycles.